The SMILES string of the molecule is O=C(Nc1cncc(F)c1)C1=CCNc2ccc(-c3cncc(N4CCCCC4)c3)cc21. The van der Waals surface area contributed by atoms with E-state index < -0.39 is 5.82 Å². The van der Waals surface area contributed by atoms with Gasteiger partial charge in [0.25, 0.3) is 5.91 Å². The molecule has 0 spiro atoms. The number of piperidine rings is 1. The number of aromatic nitrogens is 2. The normalized spacial score (nSPS) is 15.4. The van der Waals surface area contributed by atoms with Gasteiger partial charge in [-0.05, 0) is 43.0 Å². The van der Waals surface area contributed by atoms with Crippen molar-refractivity contribution in [1.82, 2.24) is 9.97 Å². The van der Waals surface area contributed by atoms with Crippen LogP contribution >= 0.6 is 0 Å². The van der Waals surface area contributed by atoms with Crippen molar-refractivity contribution in [3.05, 3.63) is 72.6 Å². The van der Waals surface area contributed by atoms with Crippen LogP contribution in [0.1, 0.15) is 24.8 Å². The quantitative estimate of drug-likeness (QED) is 0.628. The van der Waals surface area contributed by atoms with E-state index in [0.717, 1.165) is 47.4 Å². The molecule has 0 bridgehead atoms. The third kappa shape index (κ3) is 4.19. The highest BCUT2D eigenvalue weighted by Gasteiger charge is 2.20. The number of amides is 1. The first-order valence-corrected chi connectivity index (χ1v) is 10.9. The topological polar surface area (TPSA) is 70.1 Å². The average molecular weight is 429 g/mol. The fourth-order valence-corrected chi connectivity index (χ4v) is 4.28. The summed E-state index contributed by atoms with van der Waals surface area (Å²) >= 11 is 0. The number of anilines is 3. The van der Waals surface area contributed by atoms with Gasteiger partial charge in [-0.3, -0.25) is 14.8 Å². The van der Waals surface area contributed by atoms with Gasteiger partial charge in [-0.1, -0.05) is 12.1 Å². The largest absolute Gasteiger partial charge is 0.381 e. The maximum atomic E-state index is 13.5. The predicted octanol–water partition coefficient (Wildman–Crippen LogP) is 4.72. The molecule has 2 aliphatic rings. The van der Waals surface area contributed by atoms with Crippen molar-refractivity contribution >= 4 is 28.5 Å². The monoisotopic (exact) mass is 429 g/mol. The minimum Gasteiger partial charge on any atom is -0.381 e. The van der Waals surface area contributed by atoms with E-state index in [1.807, 2.05) is 36.7 Å². The maximum absolute atomic E-state index is 13.5. The van der Waals surface area contributed by atoms with E-state index in [9.17, 15) is 9.18 Å². The van der Waals surface area contributed by atoms with Crippen molar-refractivity contribution in [1.29, 1.82) is 0 Å². The van der Waals surface area contributed by atoms with E-state index in [1.165, 1.54) is 31.5 Å². The van der Waals surface area contributed by atoms with Crippen molar-refractivity contribution in [2.75, 3.05) is 35.2 Å². The molecule has 7 heteroatoms. The number of rotatable bonds is 4. The third-order valence-electron chi connectivity index (χ3n) is 5.89. The Morgan fingerprint density at radius 2 is 1.81 bits per heavy atom. The van der Waals surface area contributed by atoms with Gasteiger partial charge in [0.05, 0.1) is 30.0 Å². The van der Waals surface area contributed by atoms with Crippen molar-refractivity contribution in [3.63, 3.8) is 0 Å². The van der Waals surface area contributed by atoms with Gasteiger partial charge < -0.3 is 15.5 Å². The predicted molar refractivity (Wildman–Crippen MR) is 125 cm³/mol. The lowest BCUT2D eigenvalue weighted by Gasteiger charge is -2.28. The molecule has 0 atom stereocenters. The second kappa shape index (κ2) is 8.78. The summed E-state index contributed by atoms with van der Waals surface area (Å²) in [4.78, 5) is 23.6. The van der Waals surface area contributed by atoms with Crippen molar-refractivity contribution in [2.45, 2.75) is 19.3 Å². The Morgan fingerprint density at radius 3 is 2.66 bits per heavy atom. The average Bonchev–Trinajstić information content (AvgIpc) is 2.84. The molecule has 0 unspecified atom stereocenters. The molecule has 2 aliphatic heterocycles. The van der Waals surface area contributed by atoms with E-state index in [4.69, 9.17) is 0 Å². The molecular formula is C25H24FN5O. The summed E-state index contributed by atoms with van der Waals surface area (Å²) in [6.45, 7) is 2.66. The van der Waals surface area contributed by atoms with Gasteiger partial charge in [0.15, 0.2) is 0 Å². The molecular weight excluding hydrogens is 405 g/mol. The van der Waals surface area contributed by atoms with Crippen LogP contribution in [0.2, 0.25) is 0 Å². The maximum Gasteiger partial charge on any atom is 0.256 e. The first kappa shape index (κ1) is 20.2. The number of nitrogens with zero attached hydrogens (tertiary/aromatic N) is 3. The Morgan fingerprint density at radius 1 is 0.969 bits per heavy atom. The van der Waals surface area contributed by atoms with E-state index >= 15 is 0 Å². The molecule has 32 heavy (non-hydrogen) atoms. The van der Waals surface area contributed by atoms with Gasteiger partial charge in [0.2, 0.25) is 0 Å². The number of hydrogen-bond donors (Lipinski definition) is 2. The molecule has 6 nitrogen and oxygen atoms in total. The summed E-state index contributed by atoms with van der Waals surface area (Å²) in [6, 6.07) is 9.45. The van der Waals surface area contributed by atoms with Crippen LogP contribution in [0.25, 0.3) is 16.7 Å². The molecule has 3 aromatic rings. The van der Waals surface area contributed by atoms with E-state index in [2.05, 4.69) is 31.6 Å². The molecule has 1 saturated heterocycles. The number of carbonyl (C=O) groups is 1. The zero-order valence-corrected chi connectivity index (χ0v) is 17.6. The highest BCUT2D eigenvalue weighted by Crippen LogP contribution is 2.34. The van der Waals surface area contributed by atoms with Crippen LogP contribution in [0.3, 0.4) is 0 Å². The molecule has 0 aliphatic carbocycles. The van der Waals surface area contributed by atoms with Crippen LogP contribution in [0.15, 0.2) is 61.2 Å². The second-order valence-electron chi connectivity index (χ2n) is 8.08. The van der Waals surface area contributed by atoms with Crippen LogP contribution in [0.5, 0.6) is 0 Å². The van der Waals surface area contributed by atoms with E-state index in [1.54, 1.807) is 0 Å². The third-order valence-corrected chi connectivity index (χ3v) is 5.89. The standard InChI is InChI=1S/C25H24FN5O/c26-19-12-20(15-28-14-19)30-25(32)22-6-7-29-24-5-4-17(11-23(22)24)18-10-21(16-27-13-18)31-8-2-1-3-9-31/h4-6,10-16,29H,1-3,7-9H2,(H,30,32). The molecule has 1 fully saturated rings. The summed E-state index contributed by atoms with van der Waals surface area (Å²) in [6.07, 6.45) is 11.8. The molecule has 162 valence electrons. The first-order valence-electron chi connectivity index (χ1n) is 10.9. The van der Waals surface area contributed by atoms with Gasteiger partial charge in [0, 0.05) is 54.3 Å². The molecule has 0 saturated carbocycles. The Bertz CT molecular complexity index is 1190. The van der Waals surface area contributed by atoms with Crippen LogP contribution in [0.4, 0.5) is 21.5 Å². The molecule has 4 heterocycles. The highest BCUT2D eigenvalue weighted by atomic mass is 19.1. The van der Waals surface area contributed by atoms with Crippen LogP contribution < -0.4 is 15.5 Å². The fraction of sp³-hybridized carbons (Fsp3) is 0.240. The number of nitrogens with one attached hydrogen (secondary N) is 2. The minimum absolute atomic E-state index is 0.294. The summed E-state index contributed by atoms with van der Waals surface area (Å²) in [5, 5.41) is 6.06. The van der Waals surface area contributed by atoms with Crippen molar-refractivity contribution < 1.29 is 9.18 Å². The van der Waals surface area contributed by atoms with Gasteiger partial charge in [-0.2, -0.15) is 0 Å². The number of pyridine rings is 2. The number of benzene rings is 1. The molecule has 2 N–H and O–H groups in total. The minimum atomic E-state index is -0.495. The molecule has 2 aromatic heterocycles. The lowest BCUT2D eigenvalue weighted by Crippen LogP contribution is -2.29. The van der Waals surface area contributed by atoms with Crippen LogP contribution in [-0.4, -0.2) is 35.5 Å². The Hall–Kier alpha value is -3.74. The number of carbonyl (C=O) groups excluding carboxylic acids is 1. The van der Waals surface area contributed by atoms with E-state index in [0.29, 0.717) is 17.8 Å². The van der Waals surface area contributed by atoms with Gasteiger partial charge >= 0.3 is 0 Å². The van der Waals surface area contributed by atoms with Gasteiger partial charge in [-0.25, -0.2) is 4.39 Å². The van der Waals surface area contributed by atoms with E-state index in [-0.39, 0.29) is 5.91 Å². The van der Waals surface area contributed by atoms with Crippen LogP contribution in [0, 0.1) is 5.82 Å². The fourth-order valence-electron chi connectivity index (χ4n) is 4.28. The Balaban J connectivity index is 1.43. The smallest absolute Gasteiger partial charge is 0.256 e. The zero-order chi connectivity index (χ0) is 21.9. The lowest BCUT2D eigenvalue weighted by atomic mass is 9.95. The lowest BCUT2D eigenvalue weighted by molar-refractivity contribution is -0.111. The summed E-state index contributed by atoms with van der Waals surface area (Å²) in [5.41, 5.74) is 5.69. The van der Waals surface area contributed by atoms with Gasteiger partial charge in [0.1, 0.15) is 5.82 Å². The first-order chi connectivity index (χ1) is 15.7. The van der Waals surface area contributed by atoms with Crippen LogP contribution in [-0.2, 0) is 4.79 Å². The zero-order valence-electron chi connectivity index (χ0n) is 17.6. The second-order valence-corrected chi connectivity index (χ2v) is 8.08. The summed E-state index contributed by atoms with van der Waals surface area (Å²) in [5.74, 6) is -0.789. The Kier molecular flexibility index (Phi) is 5.54. The number of hydrogen-bond acceptors (Lipinski definition) is 5. The molecule has 0 radical (unpaired) electrons. The molecule has 1 amide bonds. The molecule has 5 rings (SSSR count). The molecule has 1 aromatic carbocycles. The Labute approximate surface area is 186 Å². The number of fused-ring (bicyclic) bond motifs is 1. The summed E-state index contributed by atoms with van der Waals surface area (Å²) < 4.78 is 13.5. The summed E-state index contributed by atoms with van der Waals surface area (Å²) in [7, 11) is 0. The van der Waals surface area contributed by atoms with Gasteiger partial charge in [-0.15, -0.1) is 0 Å². The van der Waals surface area contributed by atoms with Crippen molar-refractivity contribution in [3.8, 4) is 11.1 Å². The highest BCUT2D eigenvalue weighted by molar-refractivity contribution is 6.27. The number of halogens is 1. The van der Waals surface area contributed by atoms with Crippen molar-refractivity contribution in [2.24, 2.45) is 0 Å².